The van der Waals surface area contributed by atoms with Crippen molar-refractivity contribution in [2.24, 2.45) is 0 Å². The van der Waals surface area contributed by atoms with Crippen LogP contribution in [0.4, 0.5) is 10.1 Å². The summed E-state index contributed by atoms with van der Waals surface area (Å²) in [5.41, 5.74) is 0.883. The molecule has 1 aliphatic rings. The number of furan rings is 1. The molecule has 0 atom stereocenters. The van der Waals surface area contributed by atoms with E-state index in [4.69, 9.17) is 4.42 Å². The maximum atomic E-state index is 13.0. The maximum Gasteiger partial charge on any atom is 0.244 e. The van der Waals surface area contributed by atoms with Gasteiger partial charge in [0.15, 0.2) is 0 Å². The Balaban J connectivity index is 1.38. The molecule has 1 aromatic heterocycles. The molecule has 0 aliphatic carbocycles. The highest BCUT2D eigenvalue weighted by Crippen LogP contribution is 2.18. The lowest BCUT2D eigenvalue weighted by Crippen LogP contribution is -2.49. The van der Waals surface area contributed by atoms with Crippen molar-refractivity contribution in [3.8, 4) is 0 Å². The van der Waals surface area contributed by atoms with E-state index in [-0.39, 0.29) is 24.0 Å². The quantitative estimate of drug-likeness (QED) is 0.521. The molecule has 29 heavy (non-hydrogen) atoms. The van der Waals surface area contributed by atoms with Crippen molar-refractivity contribution in [1.29, 1.82) is 0 Å². The number of nitrogens with one attached hydrogen (secondary N) is 1. The summed E-state index contributed by atoms with van der Waals surface area (Å²) in [7, 11) is -3.38. The van der Waals surface area contributed by atoms with Gasteiger partial charge in [-0.3, -0.25) is 4.79 Å². The van der Waals surface area contributed by atoms with Crippen LogP contribution in [0.2, 0.25) is 0 Å². The first-order chi connectivity index (χ1) is 13.9. The number of amides is 1. The standard InChI is InChI=1S/C20H24FN3O4S/c21-17-4-6-18(7-5-17)23-11-13-24(14-12-23)29(26,27)16-2-10-22-20(25)9-8-19-3-1-15-28-19/h1,3-9,15H,2,10-14,16H2,(H,22,25)/b9-8+. The van der Waals surface area contributed by atoms with Gasteiger partial charge >= 0.3 is 0 Å². The molecule has 7 nitrogen and oxygen atoms in total. The van der Waals surface area contributed by atoms with Gasteiger partial charge in [0.2, 0.25) is 15.9 Å². The Hall–Kier alpha value is -2.65. The second kappa shape index (κ2) is 9.71. The highest BCUT2D eigenvalue weighted by molar-refractivity contribution is 7.89. The van der Waals surface area contributed by atoms with Crippen LogP contribution in [-0.4, -0.2) is 57.1 Å². The summed E-state index contributed by atoms with van der Waals surface area (Å²) in [6.07, 6.45) is 4.75. The van der Waals surface area contributed by atoms with Crippen LogP contribution in [0.3, 0.4) is 0 Å². The average molecular weight is 421 g/mol. The zero-order valence-electron chi connectivity index (χ0n) is 16.0. The molecular formula is C20H24FN3O4S. The monoisotopic (exact) mass is 421 g/mol. The molecule has 1 amide bonds. The van der Waals surface area contributed by atoms with E-state index >= 15 is 0 Å². The van der Waals surface area contributed by atoms with E-state index in [1.54, 1.807) is 30.3 Å². The number of hydrogen-bond acceptors (Lipinski definition) is 5. The molecular weight excluding hydrogens is 397 g/mol. The van der Waals surface area contributed by atoms with Gasteiger partial charge in [0, 0.05) is 44.5 Å². The summed E-state index contributed by atoms with van der Waals surface area (Å²) < 4.78 is 44.6. The van der Waals surface area contributed by atoms with Crippen molar-refractivity contribution in [2.45, 2.75) is 6.42 Å². The van der Waals surface area contributed by atoms with Crippen LogP contribution in [0.15, 0.2) is 53.2 Å². The minimum atomic E-state index is -3.38. The van der Waals surface area contributed by atoms with Gasteiger partial charge in [0.1, 0.15) is 11.6 Å². The van der Waals surface area contributed by atoms with Crippen LogP contribution >= 0.6 is 0 Å². The van der Waals surface area contributed by atoms with Gasteiger partial charge in [0.05, 0.1) is 12.0 Å². The molecule has 2 heterocycles. The van der Waals surface area contributed by atoms with Crippen LogP contribution < -0.4 is 10.2 Å². The Morgan fingerprint density at radius 2 is 1.86 bits per heavy atom. The molecule has 0 spiro atoms. The Labute approximate surface area is 169 Å². The van der Waals surface area contributed by atoms with Gasteiger partial charge in [-0.2, -0.15) is 4.31 Å². The Bertz CT molecular complexity index is 919. The van der Waals surface area contributed by atoms with Crippen molar-refractivity contribution in [3.63, 3.8) is 0 Å². The summed E-state index contributed by atoms with van der Waals surface area (Å²) in [5.74, 6) is -0.0427. The van der Waals surface area contributed by atoms with Gasteiger partial charge in [0.25, 0.3) is 0 Å². The van der Waals surface area contributed by atoms with Crippen LogP contribution in [0.5, 0.6) is 0 Å². The molecule has 0 bridgehead atoms. The number of anilines is 1. The Morgan fingerprint density at radius 3 is 2.52 bits per heavy atom. The third-order valence-electron chi connectivity index (χ3n) is 4.64. The zero-order chi connectivity index (χ0) is 20.7. The summed E-state index contributed by atoms with van der Waals surface area (Å²) in [6.45, 7) is 2.16. The van der Waals surface area contributed by atoms with E-state index in [2.05, 4.69) is 5.32 Å². The molecule has 156 valence electrons. The van der Waals surface area contributed by atoms with E-state index in [0.29, 0.717) is 38.4 Å². The number of carbonyl (C=O) groups excluding carboxylic acids is 1. The number of rotatable bonds is 8. The van der Waals surface area contributed by atoms with Gasteiger partial charge in [-0.25, -0.2) is 12.8 Å². The van der Waals surface area contributed by atoms with Gasteiger partial charge in [-0.05, 0) is 48.9 Å². The van der Waals surface area contributed by atoms with E-state index in [1.807, 2.05) is 4.90 Å². The minimum Gasteiger partial charge on any atom is -0.465 e. The number of halogens is 1. The second-order valence-electron chi connectivity index (χ2n) is 6.67. The zero-order valence-corrected chi connectivity index (χ0v) is 16.8. The smallest absolute Gasteiger partial charge is 0.244 e. The van der Waals surface area contributed by atoms with E-state index < -0.39 is 10.0 Å². The topological polar surface area (TPSA) is 82.9 Å². The fourth-order valence-electron chi connectivity index (χ4n) is 3.07. The summed E-state index contributed by atoms with van der Waals surface area (Å²) in [5, 5.41) is 2.66. The highest BCUT2D eigenvalue weighted by Gasteiger charge is 2.26. The predicted molar refractivity (Wildman–Crippen MR) is 109 cm³/mol. The number of benzene rings is 1. The molecule has 1 aliphatic heterocycles. The van der Waals surface area contributed by atoms with Crippen LogP contribution in [0.1, 0.15) is 12.2 Å². The molecule has 3 rings (SSSR count). The van der Waals surface area contributed by atoms with Crippen LogP contribution in [0, 0.1) is 5.82 Å². The van der Waals surface area contributed by atoms with E-state index in [0.717, 1.165) is 5.69 Å². The van der Waals surface area contributed by atoms with Crippen molar-refractivity contribution in [1.82, 2.24) is 9.62 Å². The van der Waals surface area contributed by atoms with Gasteiger partial charge in [-0.1, -0.05) is 0 Å². The maximum absolute atomic E-state index is 13.0. The normalized spacial score (nSPS) is 15.7. The Kier molecular flexibility index (Phi) is 7.05. The molecule has 9 heteroatoms. The number of nitrogens with zero attached hydrogens (tertiary/aromatic N) is 2. The fraction of sp³-hybridized carbons (Fsp3) is 0.350. The second-order valence-corrected chi connectivity index (χ2v) is 8.76. The average Bonchev–Trinajstić information content (AvgIpc) is 3.24. The largest absolute Gasteiger partial charge is 0.465 e. The number of piperazine rings is 1. The third-order valence-corrected chi connectivity index (χ3v) is 6.60. The molecule has 1 aromatic carbocycles. The molecule has 0 saturated carbocycles. The lowest BCUT2D eigenvalue weighted by Gasteiger charge is -2.35. The first kappa shape index (κ1) is 21.1. The van der Waals surface area contributed by atoms with Crippen LogP contribution in [0.25, 0.3) is 6.08 Å². The molecule has 2 aromatic rings. The molecule has 0 unspecified atom stereocenters. The fourth-order valence-corrected chi connectivity index (χ4v) is 4.56. The number of hydrogen-bond donors (Lipinski definition) is 1. The number of carbonyl (C=O) groups is 1. The van der Waals surface area contributed by atoms with E-state index in [9.17, 15) is 17.6 Å². The van der Waals surface area contributed by atoms with Crippen molar-refractivity contribution in [3.05, 3.63) is 60.3 Å². The van der Waals surface area contributed by atoms with Crippen LogP contribution in [-0.2, 0) is 14.8 Å². The van der Waals surface area contributed by atoms with Crippen molar-refractivity contribution < 1.29 is 22.0 Å². The third kappa shape index (κ3) is 6.16. The SMILES string of the molecule is O=C(/C=C/c1ccco1)NCCCS(=O)(=O)N1CCN(c2ccc(F)cc2)CC1. The van der Waals surface area contributed by atoms with Crippen molar-refractivity contribution >= 4 is 27.7 Å². The summed E-state index contributed by atoms with van der Waals surface area (Å²) >= 11 is 0. The molecule has 1 saturated heterocycles. The first-order valence-electron chi connectivity index (χ1n) is 9.42. The lowest BCUT2D eigenvalue weighted by atomic mass is 10.2. The highest BCUT2D eigenvalue weighted by atomic mass is 32.2. The molecule has 1 N–H and O–H groups in total. The predicted octanol–water partition coefficient (Wildman–Crippen LogP) is 2.09. The lowest BCUT2D eigenvalue weighted by molar-refractivity contribution is -0.116. The van der Waals surface area contributed by atoms with Gasteiger partial charge in [-0.15, -0.1) is 0 Å². The summed E-state index contributed by atoms with van der Waals surface area (Å²) in [6, 6.07) is 9.65. The minimum absolute atomic E-state index is 0.0221. The number of sulfonamides is 1. The van der Waals surface area contributed by atoms with Gasteiger partial charge < -0.3 is 14.6 Å². The summed E-state index contributed by atoms with van der Waals surface area (Å²) in [4.78, 5) is 13.8. The van der Waals surface area contributed by atoms with Crippen molar-refractivity contribution in [2.75, 3.05) is 43.4 Å². The Morgan fingerprint density at radius 1 is 1.14 bits per heavy atom. The van der Waals surface area contributed by atoms with E-state index in [1.165, 1.54) is 28.8 Å². The molecule has 1 fully saturated rings. The first-order valence-corrected chi connectivity index (χ1v) is 11.0. The molecule has 0 radical (unpaired) electrons.